The van der Waals surface area contributed by atoms with Gasteiger partial charge in [0.15, 0.2) is 0 Å². The highest BCUT2D eigenvalue weighted by Gasteiger charge is 2.61. The second-order valence-corrected chi connectivity index (χ2v) is 10.5. The lowest BCUT2D eigenvalue weighted by Crippen LogP contribution is -2.57. The fraction of sp³-hybridized carbons (Fsp3) is 0.640. The summed E-state index contributed by atoms with van der Waals surface area (Å²) in [5, 5.41) is 30.9. The number of nitrogens with zero attached hydrogens (tertiary/aromatic N) is 1. The summed E-state index contributed by atoms with van der Waals surface area (Å²) in [5.41, 5.74) is 1.54. The number of carbonyl (C=O) groups is 1. The molecule has 1 amide bonds. The SMILES string of the molecule is C=C(C)C(O)CCC1(C)Oc2cc3c(c4c2C2C(O4)C(C)(O)CCC21)CN(CCO)C3=O. The van der Waals surface area contributed by atoms with Crippen molar-refractivity contribution in [1.82, 2.24) is 4.90 Å². The number of amides is 1. The van der Waals surface area contributed by atoms with Crippen LogP contribution in [0.5, 0.6) is 11.5 Å². The summed E-state index contributed by atoms with van der Waals surface area (Å²) < 4.78 is 13.1. The van der Waals surface area contributed by atoms with Gasteiger partial charge >= 0.3 is 0 Å². The maximum absolute atomic E-state index is 13.0. The van der Waals surface area contributed by atoms with E-state index in [0.29, 0.717) is 42.9 Å². The summed E-state index contributed by atoms with van der Waals surface area (Å²) >= 11 is 0. The first-order valence-electron chi connectivity index (χ1n) is 11.6. The number of aliphatic hydroxyl groups is 3. The van der Waals surface area contributed by atoms with Crippen LogP contribution in [0.4, 0.5) is 0 Å². The van der Waals surface area contributed by atoms with Crippen LogP contribution in [0, 0.1) is 5.92 Å². The lowest BCUT2D eigenvalue weighted by Gasteiger charge is -2.52. The molecule has 5 rings (SSSR count). The molecule has 3 heterocycles. The zero-order valence-corrected chi connectivity index (χ0v) is 19.1. The van der Waals surface area contributed by atoms with E-state index in [1.165, 1.54) is 0 Å². The van der Waals surface area contributed by atoms with E-state index < -0.39 is 23.4 Å². The highest BCUT2D eigenvalue weighted by atomic mass is 16.5. The van der Waals surface area contributed by atoms with Gasteiger partial charge in [-0.1, -0.05) is 12.2 Å². The van der Waals surface area contributed by atoms with Gasteiger partial charge in [0.1, 0.15) is 23.2 Å². The van der Waals surface area contributed by atoms with Crippen molar-refractivity contribution in [2.75, 3.05) is 13.2 Å². The predicted molar refractivity (Wildman–Crippen MR) is 118 cm³/mol. The molecule has 6 unspecified atom stereocenters. The molecule has 1 aromatic rings. The van der Waals surface area contributed by atoms with Gasteiger partial charge in [0.25, 0.3) is 5.91 Å². The molecule has 0 spiro atoms. The van der Waals surface area contributed by atoms with Crippen molar-refractivity contribution in [3.63, 3.8) is 0 Å². The van der Waals surface area contributed by atoms with Gasteiger partial charge in [-0.05, 0) is 52.5 Å². The van der Waals surface area contributed by atoms with E-state index >= 15 is 0 Å². The Kier molecular flexibility index (Phi) is 4.89. The van der Waals surface area contributed by atoms with Gasteiger partial charge in [0.05, 0.1) is 30.4 Å². The second-order valence-electron chi connectivity index (χ2n) is 10.5. The zero-order chi connectivity index (χ0) is 23.0. The number of aliphatic hydroxyl groups excluding tert-OH is 2. The Morgan fingerprint density at radius 2 is 2.16 bits per heavy atom. The number of ether oxygens (including phenoxy) is 2. The highest BCUT2D eigenvalue weighted by Crippen LogP contribution is 2.63. The second kappa shape index (κ2) is 7.20. The molecule has 0 aromatic heterocycles. The Morgan fingerprint density at radius 3 is 2.84 bits per heavy atom. The van der Waals surface area contributed by atoms with Crippen molar-refractivity contribution >= 4 is 5.91 Å². The topological polar surface area (TPSA) is 99.5 Å². The van der Waals surface area contributed by atoms with E-state index in [4.69, 9.17) is 9.47 Å². The summed E-state index contributed by atoms with van der Waals surface area (Å²) in [6, 6.07) is 1.83. The molecule has 174 valence electrons. The summed E-state index contributed by atoms with van der Waals surface area (Å²) in [6.07, 6.45) is 1.56. The van der Waals surface area contributed by atoms with Crippen LogP contribution in [0.15, 0.2) is 18.2 Å². The summed E-state index contributed by atoms with van der Waals surface area (Å²) in [4.78, 5) is 14.6. The van der Waals surface area contributed by atoms with E-state index in [-0.39, 0.29) is 30.9 Å². The quantitative estimate of drug-likeness (QED) is 0.585. The first-order chi connectivity index (χ1) is 15.1. The molecular weight excluding hydrogens is 410 g/mol. The summed E-state index contributed by atoms with van der Waals surface area (Å²) in [7, 11) is 0. The van der Waals surface area contributed by atoms with E-state index in [1.807, 2.05) is 19.9 Å². The smallest absolute Gasteiger partial charge is 0.254 e. The largest absolute Gasteiger partial charge is 0.487 e. The van der Waals surface area contributed by atoms with Crippen molar-refractivity contribution in [2.24, 2.45) is 5.92 Å². The first-order valence-corrected chi connectivity index (χ1v) is 11.6. The third-order valence-corrected chi connectivity index (χ3v) is 8.14. The van der Waals surface area contributed by atoms with Crippen LogP contribution < -0.4 is 9.47 Å². The maximum Gasteiger partial charge on any atom is 0.254 e. The average Bonchev–Trinajstić information content (AvgIpc) is 3.27. The Bertz CT molecular complexity index is 987. The zero-order valence-electron chi connectivity index (χ0n) is 19.1. The number of carbonyl (C=O) groups excluding carboxylic acids is 1. The molecule has 0 saturated heterocycles. The lowest BCUT2D eigenvalue weighted by molar-refractivity contribution is -0.126. The van der Waals surface area contributed by atoms with Crippen LogP contribution in [-0.2, 0) is 6.54 Å². The monoisotopic (exact) mass is 443 g/mol. The minimum atomic E-state index is -0.979. The van der Waals surface area contributed by atoms with Gasteiger partial charge < -0.3 is 29.7 Å². The average molecular weight is 444 g/mol. The van der Waals surface area contributed by atoms with Gasteiger partial charge in [0.2, 0.25) is 0 Å². The summed E-state index contributed by atoms with van der Waals surface area (Å²) in [6.45, 7) is 10.2. The Morgan fingerprint density at radius 1 is 1.41 bits per heavy atom. The van der Waals surface area contributed by atoms with Crippen molar-refractivity contribution in [1.29, 1.82) is 0 Å². The standard InChI is InChI=1S/C25H33NO6/c1-13(2)17(28)6-8-25(4)16-5-7-24(3,30)22-19(16)20-18(32-25)11-14-15(21(20)31-22)12-26(9-10-27)23(14)29/h11,16-17,19,22,27-28,30H,1,5-10,12H2,2-4H3. The normalized spacial score (nSPS) is 35.1. The molecule has 1 aromatic carbocycles. The van der Waals surface area contributed by atoms with Gasteiger partial charge in [-0.2, -0.15) is 0 Å². The number of hydrogen-bond acceptors (Lipinski definition) is 6. The van der Waals surface area contributed by atoms with Crippen LogP contribution >= 0.6 is 0 Å². The highest BCUT2D eigenvalue weighted by molar-refractivity contribution is 6.00. The molecule has 7 nitrogen and oxygen atoms in total. The first kappa shape index (κ1) is 21.7. The van der Waals surface area contributed by atoms with Crippen LogP contribution in [-0.4, -0.2) is 62.7 Å². The van der Waals surface area contributed by atoms with Crippen molar-refractivity contribution in [2.45, 2.75) is 82.3 Å². The molecule has 4 aliphatic rings. The molecule has 3 aliphatic heterocycles. The number of benzene rings is 1. The fourth-order valence-electron chi connectivity index (χ4n) is 6.27. The summed E-state index contributed by atoms with van der Waals surface area (Å²) in [5.74, 6) is 1.28. The van der Waals surface area contributed by atoms with Crippen LogP contribution in [0.2, 0.25) is 0 Å². The predicted octanol–water partition coefficient (Wildman–Crippen LogP) is 2.51. The molecule has 0 bridgehead atoms. The minimum absolute atomic E-state index is 0.0308. The van der Waals surface area contributed by atoms with Gasteiger partial charge in [-0.3, -0.25) is 4.79 Å². The Balaban J connectivity index is 1.59. The van der Waals surface area contributed by atoms with Crippen LogP contribution in [0.3, 0.4) is 0 Å². The Labute approximate surface area is 188 Å². The molecule has 1 aliphatic carbocycles. The van der Waals surface area contributed by atoms with Crippen LogP contribution in [0.1, 0.15) is 73.9 Å². The van der Waals surface area contributed by atoms with Gasteiger partial charge in [0, 0.05) is 29.5 Å². The molecule has 7 heteroatoms. The van der Waals surface area contributed by atoms with E-state index in [9.17, 15) is 20.1 Å². The lowest BCUT2D eigenvalue weighted by atomic mass is 9.61. The van der Waals surface area contributed by atoms with Crippen LogP contribution in [0.25, 0.3) is 0 Å². The molecule has 1 fully saturated rings. The number of β-amino-alcohol motifs (C(OH)–C–C–N with tert-alkyl or cyclic N) is 1. The Hall–Kier alpha value is -2.09. The van der Waals surface area contributed by atoms with Crippen molar-refractivity contribution in [3.8, 4) is 11.5 Å². The maximum atomic E-state index is 13.0. The fourth-order valence-corrected chi connectivity index (χ4v) is 6.27. The van der Waals surface area contributed by atoms with Crippen molar-refractivity contribution < 1.29 is 29.6 Å². The number of fused-ring (bicyclic) bond motifs is 2. The third kappa shape index (κ3) is 3.01. The molecule has 32 heavy (non-hydrogen) atoms. The third-order valence-electron chi connectivity index (χ3n) is 8.14. The van der Waals surface area contributed by atoms with E-state index in [2.05, 4.69) is 13.5 Å². The molecular formula is C25H33NO6. The molecule has 3 N–H and O–H groups in total. The van der Waals surface area contributed by atoms with Crippen molar-refractivity contribution in [3.05, 3.63) is 34.9 Å². The molecule has 1 saturated carbocycles. The molecule has 6 atom stereocenters. The minimum Gasteiger partial charge on any atom is -0.487 e. The molecule has 0 radical (unpaired) electrons. The van der Waals surface area contributed by atoms with Gasteiger partial charge in [-0.15, -0.1) is 0 Å². The number of rotatable bonds is 6. The number of hydrogen-bond donors (Lipinski definition) is 3. The van der Waals surface area contributed by atoms with Gasteiger partial charge in [-0.25, -0.2) is 0 Å². The van der Waals surface area contributed by atoms with E-state index in [1.54, 1.807) is 4.90 Å². The van der Waals surface area contributed by atoms with E-state index in [0.717, 1.165) is 23.1 Å².